The van der Waals surface area contributed by atoms with Gasteiger partial charge in [0.25, 0.3) is 0 Å². The first-order valence-electron chi connectivity index (χ1n) is 6.60. The second-order valence-corrected chi connectivity index (χ2v) is 4.95. The Labute approximate surface area is 125 Å². The van der Waals surface area contributed by atoms with Crippen molar-refractivity contribution in [1.29, 1.82) is 0 Å². The monoisotopic (exact) mass is 305 g/mol. The number of hydrogen-bond donors (Lipinski definition) is 1. The lowest BCUT2D eigenvalue weighted by atomic mass is 10.3. The number of nitrogens with one attached hydrogen (secondary N) is 1. The van der Waals surface area contributed by atoms with Gasteiger partial charge in [-0.05, 0) is 18.6 Å². The second kappa shape index (κ2) is 10.3. The van der Waals surface area contributed by atoms with E-state index in [1.54, 1.807) is 12.1 Å². The van der Waals surface area contributed by atoms with Gasteiger partial charge in [0.05, 0.1) is 16.7 Å². The van der Waals surface area contributed by atoms with Crippen molar-refractivity contribution < 1.29 is 9.47 Å². The Morgan fingerprint density at radius 1 is 1.05 bits per heavy atom. The largest absolute Gasteiger partial charge is 0.492 e. The predicted molar refractivity (Wildman–Crippen MR) is 80.6 cm³/mol. The summed E-state index contributed by atoms with van der Waals surface area (Å²) in [7, 11) is 0. The summed E-state index contributed by atoms with van der Waals surface area (Å²) in [6.07, 6.45) is 2.30. The Balaban J connectivity index is 2.00. The zero-order valence-electron chi connectivity index (χ0n) is 11.3. The fraction of sp³-hybridized carbons (Fsp3) is 0.571. The Hall–Kier alpha value is -0.480. The number of rotatable bonds is 10. The Kier molecular flexibility index (Phi) is 9.01. The van der Waals surface area contributed by atoms with E-state index < -0.39 is 0 Å². The van der Waals surface area contributed by atoms with Gasteiger partial charge in [0, 0.05) is 25.8 Å². The summed E-state index contributed by atoms with van der Waals surface area (Å²) in [6, 6.07) is 5.26. The first-order chi connectivity index (χ1) is 9.24. The number of unbranched alkanes of at least 4 members (excludes halogenated alkanes) is 1. The van der Waals surface area contributed by atoms with Gasteiger partial charge < -0.3 is 14.8 Å². The summed E-state index contributed by atoms with van der Waals surface area (Å²) < 4.78 is 11.0. The van der Waals surface area contributed by atoms with Gasteiger partial charge in [-0.3, -0.25) is 0 Å². The van der Waals surface area contributed by atoms with Crippen LogP contribution >= 0.6 is 23.2 Å². The van der Waals surface area contributed by atoms with Crippen molar-refractivity contribution >= 4 is 23.2 Å². The van der Waals surface area contributed by atoms with Gasteiger partial charge in [-0.25, -0.2) is 0 Å². The van der Waals surface area contributed by atoms with Crippen LogP contribution in [-0.2, 0) is 4.74 Å². The molecule has 1 aromatic carbocycles. The Morgan fingerprint density at radius 2 is 1.84 bits per heavy atom. The lowest BCUT2D eigenvalue weighted by Gasteiger charge is -2.08. The quantitative estimate of drug-likeness (QED) is 0.667. The molecular formula is C14H21Cl2NO2. The highest BCUT2D eigenvalue weighted by Gasteiger charge is 1.99. The van der Waals surface area contributed by atoms with Crippen molar-refractivity contribution in [1.82, 2.24) is 5.32 Å². The maximum absolute atomic E-state index is 5.89. The van der Waals surface area contributed by atoms with Crippen molar-refractivity contribution in [2.24, 2.45) is 0 Å². The molecule has 0 radical (unpaired) electrons. The maximum atomic E-state index is 5.89. The standard InChI is InChI=1S/C14H21Cl2NO2/c1-2-3-8-18-9-6-17-7-10-19-12-4-5-13(15)14(16)11-12/h4-5,11,17H,2-3,6-10H2,1H3. The fourth-order valence-corrected chi connectivity index (χ4v) is 1.71. The van der Waals surface area contributed by atoms with Crippen molar-refractivity contribution in [3.8, 4) is 5.75 Å². The number of benzene rings is 1. The molecule has 5 heteroatoms. The molecule has 0 heterocycles. The van der Waals surface area contributed by atoms with Crippen molar-refractivity contribution in [2.45, 2.75) is 19.8 Å². The van der Waals surface area contributed by atoms with Gasteiger partial charge in [0.2, 0.25) is 0 Å². The topological polar surface area (TPSA) is 30.5 Å². The van der Waals surface area contributed by atoms with E-state index in [1.165, 1.54) is 6.42 Å². The molecule has 0 bridgehead atoms. The number of ether oxygens (including phenoxy) is 2. The molecule has 0 aliphatic heterocycles. The van der Waals surface area contributed by atoms with Crippen LogP contribution < -0.4 is 10.1 Å². The van der Waals surface area contributed by atoms with E-state index in [0.717, 1.165) is 38.5 Å². The fourth-order valence-electron chi connectivity index (χ4n) is 1.43. The predicted octanol–water partition coefficient (Wildman–Crippen LogP) is 3.78. The normalized spacial score (nSPS) is 10.7. The van der Waals surface area contributed by atoms with Gasteiger partial charge in [-0.1, -0.05) is 36.5 Å². The van der Waals surface area contributed by atoms with E-state index in [1.807, 2.05) is 6.07 Å². The summed E-state index contributed by atoms with van der Waals surface area (Å²) in [5.74, 6) is 0.732. The third-order valence-electron chi connectivity index (χ3n) is 2.50. The van der Waals surface area contributed by atoms with Crippen LogP contribution in [-0.4, -0.2) is 32.9 Å². The minimum Gasteiger partial charge on any atom is -0.492 e. The molecule has 0 amide bonds. The molecule has 1 rings (SSSR count). The number of hydrogen-bond acceptors (Lipinski definition) is 3. The molecule has 3 nitrogen and oxygen atoms in total. The first-order valence-corrected chi connectivity index (χ1v) is 7.36. The summed E-state index contributed by atoms with van der Waals surface area (Å²) >= 11 is 11.7. The zero-order valence-corrected chi connectivity index (χ0v) is 12.8. The van der Waals surface area contributed by atoms with Crippen molar-refractivity contribution in [3.63, 3.8) is 0 Å². The molecule has 0 aliphatic rings. The molecule has 108 valence electrons. The molecule has 0 unspecified atom stereocenters. The third kappa shape index (κ3) is 7.63. The van der Waals surface area contributed by atoms with E-state index >= 15 is 0 Å². The summed E-state index contributed by atoms with van der Waals surface area (Å²) in [4.78, 5) is 0. The van der Waals surface area contributed by atoms with Crippen LogP contribution in [0.5, 0.6) is 5.75 Å². The minimum absolute atomic E-state index is 0.511. The summed E-state index contributed by atoms with van der Waals surface area (Å²) in [5.41, 5.74) is 0. The minimum atomic E-state index is 0.511. The van der Waals surface area contributed by atoms with Crippen molar-refractivity contribution in [2.75, 3.05) is 32.9 Å². The van der Waals surface area contributed by atoms with Crippen LogP contribution in [0.3, 0.4) is 0 Å². The maximum Gasteiger partial charge on any atom is 0.120 e. The molecule has 0 fully saturated rings. The molecule has 0 atom stereocenters. The van der Waals surface area contributed by atoms with E-state index in [2.05, 4.69) is 12.2 Å². The Morgan fingerprint density at radius 3 is 2.58 bits per heavy atom. The second-order valence-electron chi connectivity index (χ2n) is 4.14. The van der Waals surface area contributed by atoms with Gasteiger partial charge >= 0.3 is 0 Å². The average Bonchev–Trinajstić information content (AvgIpc) is 2.41. The molecule has 19 heavy (non-hydrogen) atoms. The number of halogens is 2. The van der Waals surface area contributed by atoms with Crippen LogP contribution in [0.4, 0.5) is 0 Å². The van der Waals surface area contributed by atoms with E-state index in [0.29, 0.717) is 16.7 Å². The van der Waals surface area contributed by atoms with Gasteiger partial charge in [-0.15, -0.1) is 0 Å². The molecule has 0 saturated heterocycles. The van der Waals surface area contributed by atoms with Crippen LogP contribution in [0.1, 0.15) is 19.8 Å². The van der Waals surface area contributed by atoms with Gasteiger partial charge in [-0.2, -0.15) is 0 Å². The molecule has 1 aromatic rings. The third-order valence-corrected chi connectivity index (χ3v) is 3.24. The van der Waals surface area contributed by atoms with E-state index in [4.69, 9.17) is 32.7 Å². The SMILES string of the molecule is CCCCOCCNCCOc1ccc(Cl)c(Cl)c1. The average molecular weight is 306 g/mol. The highest BCUT2D eigenvalue weighted by Crippen LogP contribution is 2.26. The van der Waals surface area contributed by atoms with Crippen molar-refractivity contribution in [3.05, 3.63) is 28.2 Å². The van der Waals surface area contributed by atoms with Crippen LogP contribution in [0.15, 0.2) is 18.2 Å². The first kappa shape index (κ1) is 16.6. The van der Waals surface area contributed by atoms with Gasteiger partial charge in [0.15, 0.2) is 0 Å². The Bertz CT molecular complexity index is 361. The molecule has 0 spiro atoms. The molecule has 0 aliphatic carbocycles. The molecule has 1 N–H and O–H groups in total. The van der Waals surface area contributed by atoms with Crippen LogP contribution in [0, 0.1) is 0 Å². The van der Waals surface area contributed by atoms with Crippen LogP contribution in [0.25, 0.3) is 0 Å². The highest BCUT2D eigenvalue weighted by atomic mass is 35.5. The molecule has 0 aromatic heterocycles. The summed E-state index contributed by atoms with van der Waals surface area (Å²) in [5, 5.41) is 4.30. The molecular weight excluding hydrogens is 285 g/mol. The van der Waals surface area contributed by atoms with Crippen LogP contribution in [0.2, 0.25) is 10.0 Å². The molecule has 0 saturated carbocycles. The smallest absolute Gasteiger partial charge is 0.120 e. The zero-order chi connectivity index (χ0) is 13.9. The van der Waals surface area contributed by atoms with E-state index in [9.17, 15) is 0 Å². The van der Waals surface area contributed by atoms with E-state index in [-0.39, 0.29) is 0 Å². The lowest BCUT2D eigenvalue weighted by Crippen LogP contribution is -2.25. The highest BCUT2D eigenvalue weighted by molar-refractivity contribution is 6.42. The lowest BCUT2D eigenvalue weighted by molar-refractivity contribution is 0.132. The summed E-state index contributed by atoms with van der Waals surface area (Å²) in [6.45, 7) is 5.95. The van der Waals surface area contributed by atoms with Gasteiger partial charge in [0.1, 0.15) is 12.4 Å².